The molecule has 9 nitrogen and oxygen atoms in total. The summed E-state index contributed by atoms with van der Waals surface area (Å²) in [4.78, 5) is 28.7. The number of carbonyl (C=O) groups is 2. The lowest BCUT2D eigenvalue weighted by Crippen LogP contribution is -2.35. The monoisotopic (exact) mass is 479 g/mol. The molecule has 0 spiro atoms. The van der Waals surface area contributed by atoms with Crippen LogP contribution in [0.5, 0.6) is 5.75 Å². The van der Waals surface area contributed by atoms with Gasteiger partial charge in [-0.05, 0) is 49.4 Å². The van der Waals surface area contributed by atoms with Crippen LogP contribution in [0.1, 0.15) is 29.6 Å². The summed E-state index contributed by atoms with van der Waals surface area (Å²) in [7, 11) is -2.38. The molecule has 1 N–H and O–H groups in total. The van der Waals surface area contributed by atoms with Crippen LogP contribution in [-0.2, 0) is 19.6 Å². The minimum atomic E-state index is -3.77. The Morgan fingerprint density at radius 3 is 2.62 bits per heavy atom. The van der Waals surface area contributed by atoms with Gasteiger partial charge in [0.15, 0.2) is 6.61 Å². The van der Waals surface area contributed by atoms with Crippen LogP contribution in [0.2, 0.25) is 0 Å². The average Bonchev–Trinajstić information content (AvgIpc) is 2.83. The van der Waals surface area contributed by atoms with E-state index >= 15 is 0 Å². The normalized spacial score (nSPS) is 14.6. The number of aromatic nitrogens is 1. The lowest BCUT2D eigenvalue weighted by atomic mass is 10.2. The van der Waals surface area contributed by atoms with Crippen molar-refractivity contribution in [1.29, 1.82) is 0 Å². The van der Waals surface area contributed by atoms with Crippen LogP contribution in [0.4, 0.5) is 5.69 Å². The van der Waals surface area contributed by atoms with E-state index in [1.54, 1.807) is 24.6 Å². The molecule has 1 amide bonds. The van der Waals surface area contributed by atoms with Crippen molar-refractivity contribution in [2.24, 2.45) is 0 Å². The highest BCUT2D eigenvalue weighted by Crippen LogP contribution is 2.31. The second-order valence-corrected chi connectivity index (χ2v) is 9.72. The molecule has 1 fully saturated rings. The molecule has 32 heavy (non-hydrogen) atoms. The molecule has 2 heterocycles. The van der Waals surface area contributed by atoms with E-state index in [4.69, 9.17) is 9.47 Å². The van der Waals surface area contributed by atoms with E-state index in [2.05, 4.69) is 10.3 Å². The van der Waals surface area contributed by atoms with Crippen LogP contribution in [0.15, 0.2) is 46.5 Å². The second kappa shape index (κ2) is 10.8. The molecule has 1 aromatic carbocycles. The molecule has 3 rings (SSSR count). The van der Waals surface area contributed by atoms with E-state index in [0.717, 1.165) is 19.3 Å². The summed E-state index contributed by atoms with van der Waals surface area (Å²) < 4.78 is 37.9. The van der Waals surface area contributed by atoms with Crippen molar-refractivity contribution in [1.82, 2.24) is 9.29 Å². The number of benzene rings is 1. The van der Waals surface area contributed by atoms with Gasteiger partial charge in [-0.15, -0.1) is 11.8 Å². The Kier molecular flexibility index (Phi) is 8.10. The molecule has 0 bridgehead atoms. The van der Waals surface area contributed by atoms with E-state index in [1.165, 1.54) is 41.4 Å². The average molecular weight is 480 g/mol. The number of amides is 1. The number of hydrogen-bond donors (Lipinski definition) is 1. The summed E-state index contributed by atoms with van der Waals surface area (Å²) in [5, 5.41) is 3.07. The van der Waals surface area contributed by atoms with Gasteiger partial charge >= 0.3 is 5.97 Å². The number of hydrogen-bond acceptors (Lipinski definition) is 8. The van der Waals surface area contributed by atoms with Crippen LogP contribution in [0, 0.1) is 0 Å². The van der Waals surface area contributed by atoms with Gasteiger partial charge in [0.2, 0.25) is 10.0 Å². The molecule has 0 aliphatic carbocycles. The first-order valence-electron chi connectivity index (χ1n) is 10.0. The topological polar surface area (TPSA) is 115 Å². The predicted octanol–water partition coefficient (Wildman–Crippen LogP) is 2.78. The maximum Gasteiger partial charge on any atom is 0.341 e. The summed E-state index contributed by atoms with van der Waals surface area (Å²) in [5.74, 6) is -1.07. The molecule has 1 aliphatic rings. The van der Waals surface area contributed by atoms with Crippen molar-refractivity contribution in [3.05, 3.63) is 42.1 Å². The van der Waals surface area contributed by atoms with Crippen LogP contribution in [0.25, 0.3) is 0 Å². The third kappa shape index (κ3) is 5.59. The molecule has 1 aliphatic heterocycles. The Labute approximate surface area is 191 Å². The standard InChI is InChI=1S/C21H25N3O6S2/c1-29-17-9-8-15(13-18(17)32(27,28)24-11-4-3-5-12-24)23-19(25)14-30-21(26)16-7-6-10-22-20(16)31-2/h6-10,13H,3-5,11-12,14H2,1-2H3,(H,23,25). The van der Waals surface area contributed by atoms with Gasteiger partial charge in [0.25, 0.3) is 5.91 Å². The van der Waals surface area contributed by atoms with Crippen molar-refractivity contribution >= 4 is 39.3 Å². The highest BCUT2D eigenvalue weighted by Gasteiger charge is 2.29. The molecule has 0 unspecified atom stereocenters. The van der Waals surface area contributed by atoms with Crippen LogP contribution in [0.3, 0.4) is 0 Å². The first-order chi connectivity index (χ1) is 15.4. The number of esters is 1. The zero-order valence-electron chi connectivity index (χ0n) is 17.9. The Morgan fingerprint density at radius 2 is 1.94 bits per heavy atom. The van der Waals surface area contributed by atoms with E-state index in [0.29, 0.717) is 18.1 Å². The van der Waals surface area contributed by atoms with Gasteiger partial charge in [-0.1, -0.05) is 6.42 Å². The number of rotatable bonds is 8. The summed E-state index contributed by atoms with van der Waals surface area (Å²) in [6.45, 7) is 0.372. The van der Waals surface area contributed by atoms with Gasteiger partial charge in [-0.2, -0.15) is 4.31 Å². The molecule has 0 atom stereocenters. The fourth-order valence-corrected chi connectivity index (χ4v) is 5.55. The van der Waals surface area contributed by atoms with Gasteiger partial charge in [-0.25, -0.2) is 18.2 Å². The molecular weight excluding hydrogens is 454 g/mol. The summed E-state index contributed by atoms with van der Waals surface area (Å²) in [5.41, 5.74) is 0.528. The van der Waals surface area contributed by atoms with Crippen LogP contribution < -0.4 is 10.1 Å². The fourth-order valence-electron chi connectivity index (χ4n) is 3.32. The largest absolute Gasteiger partial charge is 0.495 e. The van der Waals surface area contributed by atoms with Crippen molar-refractivity contribution in [2.45, 2.75) is 29.2 Å². The third-order valence-corrected chi connectivity index (χ3v) is 7.53. The molecule has 1 saturated heterocycles. The van der Waals surface area contributed by atoms with Crippen molar-refractivity contribution < 1.29 is 27.5 Å². The Morgan fingerprint density at radius 1 is 1.19 bits per heavy atom. The highest BCUT2D eigenvalue weighted by atomic mass is 32.2. The number of pyridine rings is 1. The quantitative estimate of drug-likeness (QED) is 0.454. The molecule has 1 aromatic heterocycles. The molecular formula is C21H25N3O6S2. The van der Waals surface area contributed by atoms with E-state index in [1.807, 2.05) is 0 Å². The molecule has 0 saturated carbocycles. The first kappa shape index (κ1) is 24.0. The zero-order chi connectivity index (χ0) is 23.1. The number of nitrogens with zero attached hydrogens (tertiary/aromatic N) is 2. The lowest BCUT2D eigenvalue weighted by Gasteiger charge is -2.26. The van der Waals surface area contributed by atoms with Crippen LogP contribution in [-0.4, -0.2) is 62.6 Å². The molecule has 172 valence electrons. The number of nitrogens with one attached hydrogen (secondary N) is 1. The fraction of sp³-hybridized carbons (Fsp3) is 0.381. The smallest absolute Gasteiger partial charge is 0.341 e. The highest BCUT2D eigenvalue weighted by molar-refractivity contribution is 7.98. The van der Waals surface area contributed by atoms with Crippen molar-refractivity contribution in [3.8, 4) is 5.75 Å². The number of sulfonamides is 1. The molecule has 2 aromatic rings. The molecule has 0 radical (unpaired) electrons. The summed E-state index contributed by atoms with van der Waals surface area (Å²) in [6.07, 6.45) is 5.95. The minimum Gasteiger partial charge on any atom is -0.495 e. The van der Waals surface area contributed by atoms with Gasteiger partial charge in [0.05, 0.1) is 12.7 Å². The minimum absolute atomic E-state index is 0.0170. The number of piperidine rings is 1. The van der Waals surface area contributed by atoms with Crippen molar-refractivity contribution in [2.75, 3.05) is 38.4 Å². The van der Waals surface area contributed by atoms with Crippen LogP contribution >= 0.6 is 11.8 Å². The lowest BCUT2D eigenvalue weighted by molar-refractivity contribution is -0.119. The number of ether oxygens (including phenoxy) is 2. The Balaban J connectivity index is 1.70. The number of thioether (sulfide) groups is 1. The summed E-state index contributed by atoms with van der Waals surface area (Å²) in [6, 6.07) is 7.55. The van der Waals surface area contributed by atoms with E-state index in [9.17, 15) is 18.0 Å². The second-order valence-electron chi connectivity index (χ2n) is 7.01. The molecule has 11 heteroatoms. The van der Waals surface area contributed by atoms with Crippen molar-refractivity contribution in [3.63, 3.8) is 0 Å². The summed E-state index contributed by atoms with van der Waals surface area (Å²) >= 11 is 1.29. The first-order valence-corrected chi connectivity index (χ1v) is 12.7. The number of methoxy groups -OCH3 is 1. The SMILES string of the molecule is COc1ccc(NC(=O)COC(=O)c2cccnc2SC)cc1S(=O)(=O)N1CCCCC1. The van der Waals surface area contributed by atoms with Gasteiger partial charge in [0.1, 0.15) is 15.7 Å². The maximum atomic E-state index is 13.1. The Hall–Kier alpha value is -2.63. The zero-order valence-corrected chi connectivity index (χ0v) is 19.5. The van der Waals surface area contributed by atoms with E-state index in [-0.39, 0.29) is 21.9 Å². The number of anilines is 1. The maximum absolute atomic E-state index is 13.1. The van der Waals surface area contributed by atoms with Gasteiger partial charge in [-0.3, -0.25) is 4.79 Å². The van der Waals surface area contributed by atoms with E-state index < -0.39 is 28.5 Å². The third-order valence-electron chi connectivity index (χ3n) is 4.90. The number of carbonyl (C=O) groups excluding carboxylic acids is 2. The van der Waals surface area contributed by atoms with Gasteiger partial charge < -0.3 is 14.8 Å². The van der Waals surface area contributed by atoms with Gasteiger partial charge in [0, 0.05) is 25.0 Å². The predicted molar refractivity (Wildman–Crippen MR) is 121 cm³/mol. The Bertz CT molecular complexity index is 1080.